The van der Waals surface area contributed by atoms with E-state index in [0.29, 0.717) is 16.6 Å². The molecule has 0 bridgehead atoms. The van der Waals surface area contributed by atoms with E-state index in [2.05, 4.69) is 36.5 Å². The lowest BCUT2D eigenvalue weighted by Crippen LogP contribution is -2.42. The lowest BCUT2D eigenvalue weighted by Gasteiger charge is -2.33. The van der Waals surface area contributed by atoms with E-state index in [-0.39, 0.29) is 5.91 Å². The lowest BCUT2D eigenvalue weighted by atomic mass is 10.0. The quantitative estimate of drug-likeness (QED) is 0.907. The number of rotatable bonds is 3. The second-order valence-electron chi connectivity index (χ2n) is 6.09. The lowest BCUT2D eigenvalue weighted by molar-refractivity contribution is 0.0718. The van der Waals surface area contributed by atoms with Crippen LogP contribution in [0.25, 0.3) is 0 Å². The molecule has 0 saturated carbocycles. The van der Waals surface area contributed by atoms with Crippen molar-refractivity contribution in [3.63, 3.8) is 0 Å². The van der Waals surface area contributed by atoms with Crippen LogP contribution < -0.4 is 5.32 Å². The minimum atomic E-state index is 0.0708. The molecule has 0 aliphatic carbocycles. The van der Waals surface area contributed by atoms with Gasteiger partial charge in [-0.25, -0.2) is 0 Å². The Morgan fingerprint density at radius 2 is 1.87 bits per heavy atom. The van der Waals surface area contributed by atoms with Gasteiger partial charge in [-0.3, -0.25) is 4.79 Å². The molecule has 1 N–H and O–H groups in total. The highest BCUT2D eigenvalue weighted by Gasteiger charge is 2.23. The maximum absolute atomic E-state index is 12.5. The van der Waals surface area contributed by atoms with Crippen molar-refractivity contribution >= 4 is 23.2 Å². The summed E-state index contributed by atoms with van der Waals surface area (Å²) in [7, 11) is 0. The molecular weight excluding hydrogens is 308 g/mol. The topological polar surface area (TPSA) is 32.3 Å². The number of benzene rings is 2. The van der Waals surface area contributed by atoms with Gasteiger partial charge in [-0.2, -0.15) is 0 Å². The third-order valence-electron chi connectivity index (χ3n) is 4.24. The zero-order valence-electron chi connectivity index (χ0n) is 13.3. The summed E-state index contributed by atoms with van der Waals surface area (Å²) in [5.41, 5.74) is 3.08. The van der Waals surface area contributed by atoms with E-state index in [1.807, 2.05) is 17.0 Å². The molecule has 1 fully saturated rings. The first-order chi connectivity index (χ1) is 11.1. The number of nitrogens with one attached hydrogen (secondary N) is 1. The van der Waals surface area contributed by atoms with Crippen molar-refractivity contribution in [3.05, 3.63) is 64.7 Å². The van der Waals surface area contributed by atoms with Gasteiger partial charge in [0.15, 0.2) is 0 Å². The molecule has 2 aromatic rings. The molecule has 2 aromatic carbocycles. The molecule has 0 radical (unpaired) electrons. The van der Waals surface area contributed by atoms with Gasteiger partial charge in [0.2, 0.25) is 0 Å². The van der Waals surface area contributed by atoms with Gasteiger partial charge in [0.1, 0.15) is 0 Å². The number of likely N-dealkylation sites (tertiary alicyclic amines) is 1. The number of piperidine rings is 1. The summed E-state index contributed by atoms with van der Waals surface area (Å²) in [6, 6.07) is 16.0. The molecule has 120 valence electrons. The van der Waals surface area contributed by atoms with E-state index >= 15 is 0 Å². The minimum Gasteiger partial charge on any atom is -0.382 e. The number of carbonyl (C=O) groups excluding carboxylic acids is 1. The molecule has 1 saturated heterocycles. The molecule has 0 aromatic heterocycles. The second kappa shape index (κ2) is 7.05. The molecule has 4 heteroatoms. The Kier molecular flexibility index (Phi) is 4.87. The Morgan fingerprint density at radius 1 is 1.13 bits per heavy atom. The fraction of sp³-hybridized carbons (Fsp3) is 0.316. The molecule has 1 aliphatic heterocycles. The van der Waals surface area contributed by atoms with Crippen molar-refractivity contribution in [2.75, 3.05) is 18.4 Å². The molecule has 1 heterocycles. The third kappa shape index (κ3) is 4.05. The van der Waals surface area contributed by atoms with Gasteiger partial charge in [0.25, 0.3) is 5.91 Å². The SMILES string of the molecule is Cc1cccc(NC2CCN(C(=O)c3cccc(Cl)c3)CC2)c1. The van der Waals surface area contributed by atoms with Crippen LogP contribution in [0.1, 0.15) is 28.8 Å². The monoisotopic (exact) mass is 328 g/mol. The van der Waals surface area contributed by atoms with Crippen molar-refractivity contribution in [1.82, 2.24) is 4.90 Å². The van der Waals surface area contributed by atoms with Crippen LogP contribution in [-0.2, 0) is 0 Å². The van der Waals surface area contributed by atoms with E-state index in [1.54, 1.807) is 12.1 Å². The van der Waals surface area contributed by atoms with E-state index in [9.17, 15) is 4.79 Å². The van der Waals surface area contributed by atoms with E-state index < -0.39 is 0 Å². The highest BCUT2D eigenvalue weighted by molar-refractivity contribution is 6.30. The van der Waals surface area contributed by atoms with Gasteiger partial charge < -0.3 is 10.2 Å². The van der Waals surface area contributed by atoms with Crippen LogP contribution in [-0.4, -0.2) is 29.9 Å². The Hall–Kier alpha value is -2.00. The Labute approximate surface area is 142 Å². The number of nitrogens with zero attached hydrogens (tertiary/aromatic N) is 1. The summed E-state index contributed by atoms with van der Waals surface area (Å²) in [6.07, 6.45) is 1.92. The van der Waals surface area contributed by atoms with Crippen LogP contribution in [0.4, 0.5) is 5.69 Å². The van der Waals surface area contributed by atoms with Crippen molar-refractivity contribution in [1.29, 1.82) is 0 Å². The first kappa shape index (κ1) is 15.9. The molecule has 3 rings (SSSR count). The molecular formula is C19H21ClN2O. The zero-order chi connectivity index (χ0) is 16.2. The van der Waals surface area contributed by atoms with E-state index in [0.717, 1.165) is 31.6 Å². The number of halogens is 1. The smallest absolute Gasteiger partial charge is 0.253 e. The highest BCUT2D eigenvalue weighted by atomic mass is 35.5. The normalized spacial score (nSPS) is 15.5. The fourth-order valence-corrected chi connectivity index (χ4v) is 3.19. The predicted molar refractivity (Wildman–Crippen MR) is 95.2 cm³/mol. The van der Waals surface area contributed by atoms with Crippen molar-refractivity contribution in [2.45, 2.75) is 25.8 Å². The van der Waals surface area contributed by atoms with Crippen LogP contribution in [0.2, 0.25) is 5.02 Å². The summed E-state index contributed by atoms with van der Waals surface area (Å²) < 4.78 is 0. The first-order valence-electron chi connectivity index (χ1n) is 8.00. The third-order valence-corrected chi connectivity index (χ3v) is 4.48. The van der Waals surface area contributed by atoms with Gasteiger partial charge in [-0.05, 0) is 55.7 Å². The number of aryl methyl sites for hydroxylation is 1. The van der Waals surface area contributed by atoms with E-state index in [4.69, 9.17) is 11.6 Å². The molecule has 0 spiro atoms. The summed E-state index contributed by atoms with van der Waals surface area (Å²) in [5.74, 6) is 0.0708. The molecule has 3 nitrogen and oxygen atoms in total. The highest BCUT2D eigenvalue weighted by Crippen LogP contribution is 2.20. The fourth-order valence-electron chi connectivity index (χ4n) is 3.00. The standard InChI is InChI=1S/C19H21ClN2O/c1-14-4-2-7-18(12-14)21-17-8-10-22(11-9-17)19(23)15-5-3-6-16(20)13-15/h2-7,12-13,17,21H,8-11H2,1H3. The summed E-state index contributed by atoms with van der Waals surface area (Å²) in [6.45, 7) is 3.64. The molecule has 1 aliphatic rings. The largest absolute Gasteiger partial charge is 0.382 e. The average Bonchev–Trinajstić information content (AvgIpc) is 2.55. The van der Waals surface area contributed by atoms with Crippen molar-refractivity contribution < 1.29 is 4.79 Å². The maximum atomic E-state index is 12.5. The van der Waals surface area contributed by atoms with Crippen molar-refractivity contribution in [3.8, 4) is 0 Å². The van der Waals surface area contributed by atoms with Crippen LogP contribution in [0, 0.1) is 6.92 Å². The number of anilines is 1. The van der Waals surface area contributed by atoms with Gasteiger partial charge in [0, 0.05) is 35.4 Å². The van der Waals surface area contributed by atoms with Gasteiger partial charge in [-0.1, -0.05) is 29.8 Å². The first-order valence-corrected chi connectivity index (χ1v) is 8.38. The molecule has 0 unspecified atom stereocenters. The second-order valence-corrected chi connectivity index (χ2v) is 6.53. The van der Waals surface area contributed by atoms with Gasteiger partial charge >= 0.3 is 0 Å². The number of hydrogen-bond acceptors (Lipinski definition) is 2. The molecule has 0 atom stereocenters. The predicted octanol–water partition coefficient (Wildman–Crippen LogP) is 4.37. The van der Waals surface area contributed by atoms with Crippen LogP contribution in [0.5, 0.6) is 0 Å². The Morgan fingerprint density at radius 3 is 2.57 bits per heavy atom. The Balaban J connectivity index is 1.57. The average molecular weight is 329 g/mol. The minimum absolute atomic E-state index is 0.0708. The van der Waals surface area contributed by atoms with Crippen LogP contribution in [0.15, 0.2) is 48.5 Å². The van der Waals surface area contributed by atoms with Crippen LogP contribution >= 0.6 is 11.6 Å². The van der Waals surface area contributed by atoms with Crippen LogP contribution in [0.3, 0.4) is 0 Å². The molecule has 23 heavy (non-hydrogen) atoms. The zero-order valence-corrected chi connectivity index (χ0v) is 14.0. The van der Waals surface area contributed by atoms with Gasteiger partial charge in [-0.15, -0.1) is 0 Å². The van der Waals surface area contributed by atoms with Gasteiger partial charge in [0.05, 0.1) is 0 Å². The maximum Gasteiger partial charge on any atom is 0.253 e. The summed E-state index contributed by atoms with van der Waals surface area (Å²) >= 11 is 5.97. The van der Waals surface area contributed by atoms with Crippen molar-refractivity contribution in [2.24, 2.45) is 0 Å². The van der Waals surface area contributed by atoms with E-state index in [1.165, 1.54) is 5.56 Å². The Bertz CT molecular complexity index is 693. The molecule has 1 amide bonds. The summed E-state index contributed by atoms with van der Waals surface area (Å²) in [5, 5.41) is 4.17. The summed E-state index contributed by atoms with van der Waals surface area (Å²) in [4.78, 5) is 14.4. The number of hydrogen-bond donors (Lipinski definition) is 1. The number of amides is 1. The number of carbonyl (C=O) groups is 1.